The maximum absolute atomic E-state index is 12.4. The van der Waals surface area contributed by atoms with Crippen LogP contribution in [0.15, 0.2) is 0 Å². The Morgan fingerprint density at radius 3 is 2.16 bits per heavy atom. The van der Waals surface area contributed by atoms with Crippen LogP contribution >= 0.6 is 0 Å². The van der Waals surface area contributed by atoms with Crippen molar-refractivity contribution in [3.05, 3.63) is 0 Å². The van der Waals surface area contributed by atoms with Crippen molar-refractivity contribution in [2.45, 2.75) is 45.1 Å². The van der Waals surface area contributed by atoms with Gasteiger partial charge in [-0.25, -0.2) is 13.2 Å². The van der Waals surface area contributed by atoms with Crippen molar-refractivity contribution in [2.24, 2.45) is 0 Å². The molecule has 0 N–H and O–H groups in total. The van der Waals surface area contributed by atoms with Crippen molar-refractivity contribution in [3.8, 4) is 0 Å². The summed E-state index contributed by atoms with van der Waals surface area (Å²) in [5, 5.41) is 0. The second-order valence-corrected chi connectivity index (χ2v) is 8.56. The van der Waals surface area contributed by atoms with E-state index >= 15 is 0 Å². The van der Waals surface area contributed by atoms with E-state index in [1.807, 2.05) is 0 Å². The molecule has 0 unspecified atom stereocenters. The highest BCUT2D eigenvalue weighted by Crippen LogP contribution is 2.25. The van der Waals surface area contributed by atoms with Crippen LogP contribution in [0.3, 0.4) is 0 Å². The second kappa shape index (κ2) is 8.84. The molecule has 0 spiro atoms. The summed E-state index contributed by atoms with van der Waals surface area (Å²) in [7, 11) is -3.31. The Kier molecular flexibility index (Phi) is 7.06. The van der Waals surface area contributed by atoms with Crippen molar-refractivity contribution in [2.75, 3.05) is 45.6 Å². The maximum atomic E-state index is 12.4. The summed E-state index contributed by atoms with van der Waals surface area (Å²) < 4.78 is 30.5. The third-order valence-corrected chi connectivity index (χ3v) is 6.20. The standard InChI is InChI=1S/C16H29N3O5S/c1-3-24-16(21)18-12-10-17(11-13-18)15(20)8-9-19(25(2,22)23)14-6-4-5-7-14/h14H,3-13H2,1-2H3. The zero-order valence-corrected chi connectivity index (χ0v) is 16.0. The summed E-state index contributed by atoms with van der Waals surface area (Å²) in [6.45, 7) is 4.14. The quantitative estimate of drug-likeness (QED) is 0.688. The minimum Gasteiger partial charge on any atom is -0.450 e. The Morgan fingerprint density at radius 1 is 1.08 bits per heavy atom. The molecule has 25 heavy (non-hydrogen) atoms. The van der Waals surface area contributed by atoms with Gasteiger partial charge in [0.1, 0.15) is 0 Å². The highest BCUT2D eigenvalue weighted by molar-refractivity contribution is 7.88. The SMILES string of the molecule is CCOC(=O)N1CCN(C(=O)CCN(C2CCCC2)S(C)(=O)=O)CC1. The van der Waals surface area contributed by atoms with Gasteiger partial charge in [0.05, 0.1) is 12.9 Å². The molecule has 0 atom stereocenters. The van der Waals surface area contributed by atoms with E-state index in [0.29, 0.717) is 32.8 Å². The normalized spacial score (nSPS) is 19.5. The number of sulfonamides is 1. The predicted octanol–water partition coefficient (Wildman–Crippen LogP) is 0.881. The van der Waals surface area contributed by atoms with Gasteiger partial charge < -0.3 is 14.5 Å². The van der Waals surface area contributed by atoms with Crippen LogP contribution in [0.4, 0.5) is 4.79 Å². The molecule has 0 aromatic carbocycles. The van der Waals surface area contributed by atoms with Gasteiger partial charge in [-0.15, -0.1) is 0 Å². The topological polar surface area (TPSA) is 87.2 Å². The van der Waals surface area contributed by atoms with Crippen molar-refractivity contribution in [3.63, 3.8) is 0 Å². The van der Waals surface area contributed by atoms with Gasteiger partial charge in [-0.3, -0.25) is 4.79 Å². The molecule has 1 heterocycles. The molecule has 144 valence electrons. The van der Waals surface area contributed by atoms with Gasteiger partial charge in [-0.2, -0.15) is 4.31 Å². The average Bonchev–Trinajstić information content (AvgIpc) is 3.08. The Morgan fingerprint density at radius 2 is 1.64 bits per heavy atom. The summed E-state index contributed by atoms with van der Waals surface area (Å²) >= 11 is 0. The number of hydrogen-bond donors (Lipinski definition) is 0. The van der Waals surface area contributed by atoms with Crippen LogP contribution in [-0.4, -0.2) is 86.2 Å². The molecule has 1 aliphatic heterocycles. The largest absolute Gasteiger partial charge is 0.450 e. The lowest BCUT2D eigenvalue weighted by Gasteiger charge is -2.34. The minimum absolute atomic E-state index is 0.0310. The first-order valence-electron chi connectivity index (χ1n) is 8.99. The summed E-state index contributed by atoms with van der Waals surface area (Å²) in [4.78, 5) is 27.4. The lowest BCUT2D eigenvalue weighted by atomic mass is 10.2. The van der Waals surface area contributed by atoms with E-state index in [2.05, 4.69) is 0 Å². The van der Waals surface area contributed by atoms with Gasteiger partial charge in [0.25, 0.3) is 0 Å². The molecule has 2 amide bonds. The molecule has 2 fully saturated rings. The van der Waals surface area contributed by atoms with Gasteiger partial charge in [0, 0.05) is 45.2 Å². The summed E-state index contributed by atoms with van der Waals surface area (Å²) in [6, 6.07) is 0.0310. The molecule has 0 bridgehead atoms. The molecule has 2 aliphatic rings. The van der Waals surface area contributed by atoms with E-state index in [-0.39, 0.29) is 31.0 Å². The smallest absolute Gasteiger partial charge is 0.409 e. The fraction of sp³-hybridized carbons (Fsp3) is 0.875. The number of nitrogens with zero attached hydrogens (tertiary/aromatic N) is 3. The third-order valence-electron chi connectivity index (χ3n) is 4.86. The summed E-state index contributed by atoms with van der Waals surface area (Å²) in [5.41, 5.74) is 0. The van der Waals surface area contributed by atoms with Crippen LogP contribution in [-0.2, 0) is 19.6 Å². The molecule has 0 radical (unpaired) electrons. The Hall–Kier alpha value is -1.35. The van der Waals surface area contributed by atoms with E-state index in [1.165, 1.54) is 10.6 Å². The molecular formula is C16H29N3O5S. The van der Waals surface area contributed by atoms with Crippen LogP contribution in [0.2, 0.25) is 0 Å². The van der Waals surface area contributed by atoms with E-state index < -0.39 is 10.0 Å². The van der Waals surface area contributed by atoms with Gasteiger partial charge in [-0.05, 0) is 19.8 Å². The molecule has 1 saturated carbocycles. The molecule has 1 saturated heterocycles. The summed E-state index contributed by atoms with van der Waals surface area (Å²) in [5.74, 6) is -0.0600. The molecular weight excluding hydrogens is 346 g/mol. The zero-order chi connectivity index (χ0) is 18.4. The third kappa shape index (κ3) is 5.57. The first-order valence-corrected chi connectivity index (χ1v) is 10.8. The van der Waals surface area contributed by atoms with Gasteiger partial charge in [0.15, 0.2) is 0 Å². The predicted molar refractivity (Wildman–Crippen MR) is 93.6 cm³/mol. The fourth-order valence-electron chi connectivity index (χ4n) is 3.53. The highest BCUT2D eigenvalue weighted by Gasteiger charge is 2.31. The van der Waals surface area contributed by atoms with Crippen molar-refractivity contribution in [1.82, 2.24) is 14.1 Å². The number of carbonyl (C=O) groups is 2. The van der Waals surface area contributed by atoms with Gasteiger partial charge in [0.2, 0.25) is 15.9 Å². The number of amides is 2. The van der Waals surface area contributed by atoms with Gasteiger partial charge >= 0.3 is 6.09 Å². The van der Waals surface area contributed by atoms with Crippen LogP contribution in [0.5, 0.6) is 0 Å². The Bertz CT molecular complexity index is 566. The van der Waals surface area contributed by atoms with Gasteiger partial charge in [-0.1, -0.05) is 12.8 Å². The minimum atomic E-state index is -3.31. The van der Waals surface area contributed by atoms with E-state index in [0.717, 1.165) is 25.7 Å². The molecule has 2 rings (SSSR count). The lowest BCUT2D eigenvalue weighted by molar-refractivity contribution is -0.133. The number of hydrogen-bond acceptors (Lipinski definition) is 5. The number of ether oxygens (including phenoxy) is 1. The van der Waals surface area contributed by atoms with E-state index in [9.17, 15) is 18.0 Å². The second-order valence-electron chi connectivity index (χ2n) is 6.63. The Labute approximate surface area is 150 Å². The highest BCUT2D eigenvalue weighted by atomic mass is 32.2. The first kappa shape index (κ1) is 20.0. The van der Waals surface area contributed by atoms with Crippen LogP contribution in [0.25, 0.3) is 0 Å². The van der Waals surface area contributed by atoms with Crippen LogP contribution in [0, 0.1) is 0 Å². The molecule has 0 aromatic heterocycles. The van der Waals surface area contributed by atoms with Crippen molar-refractivity contribution < 1.29 is 22.7 Å². The lowest BCUT2D eigenvalue weighted by Crippen LogP contribution is -2.51. The fourth-order valence-corrected chi connectivity index (χ4v) is 4.70. The number of piperazine rings is 1. The maximum Gasteiger partial charge on any atom is 0.409 e. The monoisotopic (exact) mass is 375 g/mol. The molecule has 9 heteroatoms. The molecule has 1 aliphatic carbocycles. The molecule has 0 aromatic rings. The average molecular weight is 375 g/mol. The van der Waals surface area contributed by atoms with Crippen molar-refractivity contribution >= 4 is 22.0 Å². The van der Waals surface area contributed by atoms with Crippen molar-refractivity contribution in [1.29, 1.82) is 0 Å². The number of carbonyl (C=O) groups excluding carboxylic acids is 2. The molecule has 8 nitrogen and oxygen atoms in total. The van der Waals surface area contributed by atoms with E-state index in [4.69, 9.17) is 4.74 Å². The van der Waals surface area contributed by atoms with E-state index in [1.54, 1.807) is 16.7 Å². The zero-order valence-electron chi connectivity index (χ0n) is 15.1. The number of rotatable bonds is 6. The Balaban J connectivity index is 1.82. The van der Waals surface area contributed by atoms with Crippen LogP contribution < -0.4 is 0 Å². The summed E-state index contributed by atoms with van der Waals surface area (Å²) in [6.07, 6.45) is 4.88. The first-order chi connectivity index (χ1) is 11.8. The van der Waals surface area contributed by atoms with Crippen LogP contribution in [0.1, 0.15) is 39.0 Å².